The molecule has 3 unspecified atom stereocenters. The Bertz CT molecular complexity index is 670. The number of aliphatic carboxylic acids is 1. The standard InChI is InChI=1S/C15H15BrN2O3/c1-8-6-10(11(7-8)15(19)20)14-17-13(18-21-14)9-4-2-3-5-12(9)16/h2-5,8,10-11H,6-7H2,1H3,(H,19,20). The van der Waals surface area contributed by atoms with Crippen LogP contribution in [0.5, 0.6) is 0 Å². The minimum atomic E-state index is -0.787. The molecule has 1 aliphatic carbocycles. The lowest BCUT2D eigenvalue weighted by molar-refractivity contribution is -0.142. The molecule has 0 saturated heterocycles. The SMILES string of the molecule is CC1CC(C(=O)O)C(c2nc(-c3ccccc3Br)no2)C1. The Labute approximate surface area is 130 Å². The van der Waals surface area contributed by atoms with E-state index in [0.717, 1.165) is 16.5 Å². The summed E-state index contributed by atoms with van der Waals surface area (Å²) in [7, 11) is 0. The summed E-state index contributed by atoms with van der Waals surface area (Å²) >= 11 is 3.45. The Morgan fingerprint density at radius 2 is 2.14 bits per heavy atom. The quantitative estimate of drug-likeness (QED) is 0.912. The molecule has 1 aromatic heterocycles. The topological polar surface area (TPSA) is 76.2 Å². The third-order valence-corrected chi connectivity index (χ3v) is 4.68. The molecule has 6 heteroatoms. The van der Waals surface area contributed by atoms with E-state index >= 15 is 0 Å². The number of carboxylic acid groups (broad SMARTS) is 1. The van der Waals surface area contributed by atoms with E-state index in [9.17, 15) is 9.90 Å². The molecule has 0 aliphatic heterocycles. The van der Waals surface area contributed by atoms with Crippen molar-refractivity contribution in [2.45, 2.75) is 25.7 Å². The van der Waals surface area contributed by atoms with Crippen molar-refractivity contribution in [1.82, 2.24) is 10.1 Å². The van der Waals surface area contributed by atoms with Crippen LogP contribution in [0.15, 0.2) is 33.3 Å². The molecule has 1 N–H and O–H groups in total. The van der Waals surface area contributed by atoms with Crippen LogP contribution in [-0.4, -0.2) is 21.2 Å². The summed E-state index contributed by atoms with van der Waals surface area (Å²) in [5, 5.41) is 13.3. The van der Waals surface area contributed by atoms with E-state index in [1.165, 1.54) is 0 Å². The summed E-state index contributed by atoms with van der Waals surface area (Å²) in [5.41, 5.74) is 0.838. The number of halogens is 1. The maximum absolute atomic E-state index is 11.4. The van der Waals surface area contributed by atoms with E-state index in [0.29, 0.717) is 24.1 Å². The number of nitrogens with zero attached hydrogens (tertiary/aromatic N) is 2. The lowest BCUT2D eigenvalue weighted by Crippen LogP contribution is -2.17. The van der Waals surface area contributed by atoms with Crippen LogP contribution in [-0.2, 0) is 4.79 Å². The minimum absolute atomic E-state index is 0.193. The molecule has 0 spiro atoms. The van der Waals surface area contributed by atoms with Gasteiger partial charge in [0.15, 0.2) is 0 Å². The molecule has 0 amide bonds. The van der Waals surface area contributed by atoms with Crippen LogP contribution in [0.3, 0.4) is 0 Å². The van der Waals surface area contributed by atoms with Gasteiger partial charge in [-0.3, -0.25) is 4.79 Å². The first kappa shape index (κ1) is 14.3. The molecule has 21 heavy (non-hydrogen) atoms. The third-order valence-electron chi connectivity index (χ3n) is 3.99. The first-order valence-corrected chi connectivity index (χ1v) is 7.67. The van der Waals surface area contributed by atoms with Gasteiger partial charge >= 0.3 is 5.97 Å². The summed E-state index contributed by atoms with van der Waals surface area (Å²) in [5.74, 6) is -0.146. The zero-order chi connectivity index (χ0) is 15.0. The molecule has 5 nitrogen and oxygen atoms in total. The molecule has 1 fully saturated rings. The van der Waals surface area contributed by atoms with Crippen molar-refractivity contribution in [3.63, 3.8) is 0 Å². The minimum Gasteiger partial charge on any atom is -0.481 e. The van der Waals surface area contributed by atoms with Crippen molar-refractivity contribution in [2.24, 2.45) is 11.8 Å². The highest BCUT2D eigenvalue weighted by Crippen LogP contribution is 2.43. The number of carboxylic acids is 1. The zero-order valence-corrected chi connectivity index (χ0v) is 13.1. The molecule has 0 radical (unpaired) electrons. The molecule has 1 aliphatic rings. The molecule has 110 valence electrons. The Hall–Kier alpha value is -1.69. The third kappa shape index (κ3) is 2.72. The zero-order valence-electron chi connectivity index (χ0n) is 11.5. The van der Waals surface area contributed by atoms with E-state index in [1.807, 2.05) is 24.3 Å². The van der Waals surface area contributed by atoms with Crippen LogP contribution in [0.2, 0.25) is 0 Å². The maximum Gasteiger partial charge on any atom is 0.307 e. The van der Waals surface area contributed by atoms with E-state index in [1.54, 1.807) is 0 Å². The Kier molecular flexibility index (Phi) is 3.80. The maximum atomic E-state index is 11.4. The number of rotatable bonds is 3. The Balaban J connectivity index is 1.92. The largest absolute Gasteiger partial charge is 0.481 e. The van der Waals surface area contributed by atoms with Gasteiger partial charge in [0, 0.05) is 10.0 Å². The lowest BCUT2D eigenvalue weighted by atomic mass is 9.96. The van der Waals surface area contributed by atoms with Gasteiger partial charge in [0.25, 0.3) is 0 Å². The first-order chi connectivity index (χ1) is 10.1. The van der Waals surface area contributed by atoms with Gasteiger partial charge in [-0.1, -0.05) is 40.1 Å². The van der Waals surface area contributed by atoms with Gasteiger partial charge in [-0.05, 0) is 30.9 Å². The predicted octanol–water partition coefficient (Wildman–Crippen LogP) is 3.71. The second-order valence-electron chi connectivity index (χ2n) is 5.56. The van der Waals surface area contributed by atoms with Gasteiger partial charge in [0.1, 0.15) is 0 Å². The number of carbonyl (C=O) groups is 1. The smallest absolute Gasteiger partial charge is 0.307 e. The fourth-order valence-electron chi connectivity index (χ4n) is 2.98. The fourth-order valence-corrected chi connectivity index (χ4v) is 3.44. The van der Waals surface area contributed by atoms with Crippen molar-refractivity contribution in [3.8, 4) is 11.4 Å². The summed E-state index contributed by atoms with van der Waals surface area (Å²) in [6.07, 6.45) is 1.43. The molecule has 2 aromatic rings. The van der Waals surface area contributed by atoms with Crippen LogP contribution >= 0.6 is 15.9 Å². The van der Waals surface area contributed by atoms with E-state index < -0.39 is 11.9 Å². The highest BCUT2D eigenvalue weighted by atomic mass is 79.9. The molecule has 3 rings (SSSR count). The van der Waals surface area contributed by atoms with Gasteiger partial charge < -0.3 is 9.63 Å². The average Bonchev–Trinajstić information content (AvgIpc) is 3.05. The number of hydrogen-bond donors (Lipinski definition) is 1. The number of benzene rings is 1. The van der Waals surface area contributed by atoms with Gasteiger partial charge in [-0.15, -0.1) is 0 Å². The van der Waals surface area contributed by atoms with Crippen LogP contribution < -0.4 is 0 Å². The van der Waals surface area contributed by atoms with Crippen LogP contribution in [0.1, 0.15) is 31.6 Å². The lowest BCUT2D eigenvalue weighted by Gasteiger charge is -2.09. The molecular weight excluding hydrogens is 336 g/mol. The van der Waals surface area contributed by atoms with Crippen molar-refractivity contribution in [2.75, 3.05) is 0 Å². The normalized spacial score (nSPS) is 25.1. The Morgan fingerprint density at radius 1 is 1.38 bits per heavy atom. The van der Waals surface area contributed by atoms with E-state index in [4.69, 9.17) is 4.52 Å². The Morgan fingerprint density at radius 3 is 2.86 bits per heavy atom. The monoisotopic (exact) mass is 350 g/mol. The summed E-state index contributed by atoms with van der Waals surface area (Å²) in [6, 6.07) is 7.61. The van der Waals surface area contributed by atoms with Crippen LogP contribution in [0.25, 0.3) is 11.4 Å². The highest BCUT2D eigenvalue weighted by Gasteiger charge is 2.41. The molecular formula is C15H15BrN2O3. The van der Waals surface area contributed by atoms with Gasteiger partial charge in [0.05, 0.1) is 11.8 Å². The summed E-state index contributed by atoms with van der Waals surface area (Å²) in [6.45, 7) is 2.06. The van der Waals surface area contributed by atoms with E-state index in [2.05, 4.69) is 33.0 Å². The molecule has 0 bridgehead atoms. The van der Waals surface area contributed by atoms with Crippen LogP contribution in [0.4, 0.5) is 0 Å². The molecule has 1 heterocycles. The highest BCUT2D eigenvalue weighted by molar-refractivity contribution is 9.10. The summed E-state index contributed by atoms with van der Waals surface area (Å²) in [4.78, 5) is 15.8. The van der Waals surface area contributed by atoms with E-state index in [-0.39, 0.29) is 5.92 Å². The van der Waals surface area contributed by atoms with Gasteiger partial charge in [0.2, 0.25) is 11.7 Å². The summed E-state index contributed by atoms with van der Waals surface area (Å²) < 4.78 is 6.22. The second-order valence-corrected chi connectivity index (χ2v) is 6.42. The fraction of sp³-hybridized carbons (Fsp3) is 0.400. The van der Waals surface area contributed by atoms with Crippen molar-refractivity contribution < 1.29 is 14.4 Å². The second kappa shape index (κ2) is 5.60. The average molecular weight is 351 g/mol. The van der Waals surface area contributed by atoms with Gasteiger partial charge in [-0.2, -0.15) is 4.98 Å². The first-order valence-electron chi connectivity index (χ1n) is 6.87. The number of aromatic nitrogens is 2. The van der Waals surface area contributed by atoms with Crippen molar-refractivity contribution in [1.29, 1.82) is 0 Å². The molecule has 3 atom stereocenters. The van der Waals surface area contributed by atoms with Gasteiger partial charge in [-0.25, -0.2) is 0 Å². The number of hydrogen-bond acceptors (Lipinski definition) is 4. The molecule has 1 aromatic carbocycles. The predicted molar refractivity (Wildman–Crippen MR) is 79.7 cm³/mol. The van der Waals surface area contributed by atoms with Crippen molar-refractivity contribution >= 4 is 21.9 Å². The molecule has 1 saturated carbocycles. The van der Waals surface area contributed by atoms with Crippen LogP contribution in [0, 0.1) is 11.8 Å². The van der Waals surface area contributed by atoms with Crippen molar-refractivity contribution in [3.05, 3.63) is 34.6 Å².